The summed E-state index contributed by atoms with van der Waals surface area (Å²) in [4.78, 5) is 16.3. The Morgan fingerprint density at radius 3 is 2.68 bits per heavy atom. The Balaban J connectivity index is 1.61. The Hall–Kier alpha value is -2.26. The van der Waals surface area contributed by atoms with Gasteiger partial charge in [-0.15, -0.1) is 0 Å². The van der Waals surface area contributed by atoms with Crippen molar-refractivity contribution < 1.29 is 13.2 Å². The number of benzene rings is 1. The predicted molar refractivity (Wildman–Crippen MR) is 92.4 cm³/mol. The Kier molecular flexibility index (Phi) is 5.14. The smallest absolute Gasteiger partial charge is 0.238 e. The average molecular weight is 363 g/mol. The van der Waals surface area contributed by atoms with E-state index in [0.29, 0.717) is 19.5 Å². The molecule has 1 saturated heterocycles. The molecule has 134 valence electrons. The predicted octanol–water partition coefficient (Wildman–Crippen LogP) is 0.698. The minimum atomic E-state index is -3.38. The summed E-state index contributed by atoms with van der Waals surface area (Å²) < 4.78 is 26.7. The number of nitrogens with one attached hydrogen (secondary N) is 1. The van der Waals surface area contributed by atoms with Crippen molar-refractivity contribution in [3.63, 3.8) is 0 Å². The van der Waals surface area contributed by atoms with Crippen molar-refractivity contribution in [2.45, 2.75) is 31.8 Å². The number of carbonyl (C=O) groups excluding carboxylic acids is 1. The maximum Gasteiger partial charge on any atom is 0.238 e. The van der Waals surface area contributed by atoms with Gasteiger partial charge in [-0.25, -0.2) is 18.1 Å². The molecule has 2 aromatic rings. The van der Waals surface area contributed by atoms with Crippen LogP contribution in [0.15, 0.2) is 36.9 Å². The van der Waals surface area contributed by atoms with Crippen molar-refractivity contribution in [3.05, 3.63) is 42.5 Å². The van der Waals surface area contributed by atoms with Crippen molar-refractivity contribution in [2.24, 2.45) is 0 Å². The van der Waals surface area contributed by atoms with Crippen molar-refractivity contribution in [3.8, 4) is 5.69 Å². The number of rotatable bonds is 5. The van der Waals surface area contributed by atoms with Gasteiger partial charge in [-0.3, -0.25) is 4.79 Å². The molecule has 8 nitrogen and oxygen atoms in total. The van der Waals surface area contributed by atoms with Crippen LogP contribution in [0.3, 0.4) is 0 Å². The zero-order valence-electron chi connectivity index (χ0n) is 14.0. The van der Waals surface area contributed by atoms with Crippen molar-refractivity contribution in [1.82, 2.24) is 24.4 Å². The Morgan fingerprint density at radius 2 is 2.04 bits per heavy atom. The van der Waals surface area contributed by atoms with E-state index in [4.69, 9.17) is 0 Å². The summed E-state index contributed by atoms with van der Waals surface area (Å²) in [6.45, 7) is 0.758. The van der Waals surface area contributed by atoms with Gasteiger partial charge in [0.15, 0.2) is 0 Å². The van der Waals surface area contributed by atoms with Crippen LogP contribution in [-0.2, 0) is 21.4 Å². The molecule has 25 heavy (non-hydrogen) atoms. The van der Waals surface area contributed by atoms with Gasteiger partial charge in [0.05, 0.1) is 11.9 Å². The number of amides is 1. The first-order valence-corrected chi connectivity index (χ1v) is 9.98. The molecule has 0 saturated carbocycles. The quantitative estimate of drug-likeness (QED) is 0.843. The minimum Gasteiger partial charge on any atom is -0.351 e. The van der Waals surface area contributed by atoms with Gasteiger partial charge in [-0.2, -0.15) is 9.40 Å². The van der Waals surface area contributed by atoms with Gasteiger partial charge >= 0.3 is 0 Å². The molecule has 1 amide bonds. The van der Waals surface area contributed by atoms with E-state index in [1.54, 1.807) is 11.0 Å². The molecule has 1 N–H and O–H groups in total. The Morgan fingerprint density at radius 1 is 1.28 bits per heavy atom. The standard InChI is InChI=1S/C16H21N5O3S/c1-25(23,24)21-9-3-2-4-15(21)16(22)18-10-13-5-7-14(8-6-13)20-12-17-11-19-20/h5-8,11-12,15H,2-4,9-10H2,1H3,(H,18,22). The molecule has 0 spiro atoms. The molecule has 9 heteroatoms. The van der Waals surface area contributed by atoms with Gasteiger partial charge in [0.2, 0.25) is 15.9 Å². The number of aromatic nitrogens is 3. The van der Waals surface area contributed by atoms with Gasteiger partial charge in [0.1, 0.15) is 18.7 Å². The summed E-state index contributed by atoms with van der Waals surface area (Å²) in [5, 5.41) is 6.90. The number of hydrogen-bond acceptors (Lipinski definition) is 5. The number of nitrogens with zero attached hydrogens (tertiary/aromatic N) is 4. The summed E-state index contributed by atoms with van der Waals surface area (Å²) in [6.07, 6.45) is 6.44. The van der Waals surface area contributed by atoms with Gasteiger partial charge in [0, 0.05) is 13.1 Å². The maximum absolute atomic E-state index is 12.4. The summed E-state index contributed by atoms with van der Waals surface area (Å²) in [5.41, 5.74) is 1.81. The maximum atomic E-state index is 12.4. The molecule has 1 aromatic carbocycles. The molecule has 0 aliphatic carbocycles. The van der Waals surface area contributed by atoms with E-state index in [2.05, 4.69) is 15.4 Å². The lowest BCUT2D eigenvalue weighted by atomic mass is 10.0. The molecule has 0 bridgehead atoms. The molecule has 1 unspecified atom stereocenters. The topological polar surface area (TPSA) is 97.2 Å². The summed E-state index contributed by atoms with van der Waals surface area (Å²) in [7, 11) is -3.38. The highest BCUT2D eigenvalue weighted by molar-refractivity contribution is 7.88. The number of carbonyl (C=O) groups is 1. The molecular formula is C16H21N5O3S. The highest BCUT2D eigenvalue weighted by atomic mass is 32.2. The second-order valence-corrected chi connectivity index (χ2v) is 8.04. The van der Waals surface area contributed by atoms with Crippen LogP contribution in [0.25, 0.3) is 5.69 Å². The molecular weight excluding hydrogens is 342 g/mol. The van der Waals surface area contributed by atoms with Crippen molar-refractivity contribution in [1.29, 1.82) is 0 Å². The lowest BCUT2D eigenvalue weighted by molar-refractivity contribution is -0.125. The zero-order chi connectivity index (χ0) is 17.9. The fraction of sp³-hybridized carbons (Fsp3) is 0.438. The van der Waals surface area contributed by atoms with Crippen LogP contribution in [0.1, 0.15) is 24.8 Å². The fourth-order valence-electron chi connectivity index (χ4n) is 2.98. The molecule has 1 fully saturated rings. The molecule has 3 rings (SSSR count). The summed E-state index contributed by atoms with van der Waals surface area (Å²) in [6, 6.07) is 6.95. The van der Waals surface area contributed by atoms with Crippen LogP contribution in [0.2, 0.25) is 0 Å². The third-order valence-corrected chi connectivity index (χ3v) is 5.56. The number of piperidine rings is 1. The van der Waals surface area contributed by atoms with Gasteiger partial charge in [0.25, 0.3) is 0 Å². The van der Waals surface area contributed by atoms with Crippen LogP contribution >= 0.6 is 0 Å². The third-order valence-electron chi connectivity index (χ3n) is 4.27. The molecule has 1 aliphatic heterocycles. The lowest BCUT2D eigenvalue weighted by Gasteiger charge is -2.32. The van der Waals surface area contributed by atoms with E-state index in [1.807, 2.05) is 24.3 Å². The Bertz CT molecular complexity index is 818. The average Bonchev–Trinajstić information content (AvgIpc) is 3.14. The van der Waals surface area contributed by atoms with Crippen LogP contribution in [0.4, 0.5) is 0 Å². The third kappa shape index (κ3) is 4.23. The first-order chi connectivity index (χ1) is 11.9. The van der Waals surface area contributed by atoms with Crippen LogP contribution in [0.5, 0.6) is 0 Å². The first-order valence-electron chi connectivity index (χ1n) is 8.13. The summed E-state index contributed by atoms with van der Waals surface area (Å²) >= 11 is 0. The number of sulfonamides is 1. The van der Waals surface area contributed by atoms with Crippen molar-refractivity contribution >= 4 is 15.9 Å². The fourth-order valence-corrected chi connectivity index (χ4v) is 4.10. The highest BCUT2D eigenvalue weighted by Crippen LogP contribution is 2.20. The van der Waals surface area contributed by atoms with E-state index in [-0.39, 0.29) is 5.91 Å². The normalized spacial score (nSPS) is 18.8. The van der Waals surface area contributed by atoms with Gasteiger partial charge < -0.3 is 5.32 Å². The van der Waals surface area contributed by atoms with Crippen LogP contribution < -0.4 is 5.32 Å². The minimum absolute atomic E-state index is 0.245. The second kappa shape index (κ2) is 7.32. The van der Waals surface area contributed by atoms with E-state index in [1.165, 1.54) is 10.6 Å². The van der Waals surface area contributed by atoms with Gasteiger partial charge in [-0.1, -0.05) is 18.6 Å². The molecule has 1 aliphatic rings. The zero-order valence-corrected chi connectivity index (χ0v) is 14.8. The largest absolute Gasteiger partial charge is 0.351 e. The van der Waals surface area contributed by atoms with Crippen LogP contribution in [0, 0.1) is 0 Å². The second-order valence-electron chi connectivity index (χ2n) is 6.11. The lowest BCUT2D eigenvalue weighted by Crippen LogP contribution is -2.51. The first kappa shape index (κ1) is 17.6. The molecule has 1 atom stereocenters. The van der Waals surface area contributed by atoms with Crippen LogP contribution in [-0.4, -0.2) is 52.2 Å². The van der Waals surface area contributed by atoms with E-state index >= 15 is 0 Å². The van der Waals surface area contributed by atoms with E-state index in [0.717, 1.165) is 30.3 Å². The van der Waals surface area contributed by atoms with Gasteiger partial charge in [-0.05, 0) is 30.5 Å². The molecule has 0 radical (unpaired) electrons. The highest BCUT2D eigenvalue weighted by Gasteiger charge is 2.34. The Labute approximate surface area is 146 Å². The number of hydrogen-bond donors (Lipinski definition) is 1. The van der Waals surface area contributed by atoms with E-state index < -0.39 is 16.1 Å². The van der Waals surface area contributed by atoms with Crippen molar-refractivity contribution in [2.75, 3.05) is 12.8 Å². The molecule has 1 aromatic heterocycles. The SMILES string of the molecule is CS(=O)(=O)N1CCCCC1C(=O)NCc1ccc(-n2cncn2)cc1. The molecule has 2 heterocycles. The van der Waals surface area contributed by atoms with E-state index in [9.17, 15) is 13.2 Å². The summed E-state index contributed by atoms with van der Waals surface area (Å²) in [5.74, 6) is -0.245. The monoisotopic (exact) mass is 363 g/mol.